The van der Waals surface area contributed by atoms with Crippen LogP contribution in [0.1, 0.15) is 28.8 Å². The van der Waals surface area contributed by atoms with Gasteiger partial charge in [0.2, 0.25) is 5.91 Å². The second kappa shape index (κ2) is 4.96. The topological polar surface area (TPSA) is 68.9 Å². The van der Waals surface area contributed by atoms with Gasteiger partial charge in [-0.05, 0) is 25.1 Å². The van der Waals surface area contributed by atoms with Crippen molar-refractivity contribution in [1.82, 2.24) is 9.97 Å². The molecule has 0 atom stereocenters. The van der Waals surface area contributed by atoms with E-state index in [0.29, 0.717) is 5.56 Å². The summed E-state index contributed by atoms with van der Waals surface area (Å²) in [5.74, 6) is 0.402. The standard InChI is InChI=1S/C14H15N3O/c1-3-13-16-9(2)8-12(17-13)10-4-6-11(7-5-10)14(15)18/h4-8H,3H2,1-2H3,(H2,15,18). The van der Waals surface area contributed by atoms with Crippen LogP contribution in [-0.2, 0) is 6.42 Å². The zero-order valence-electron chi connectivity index (χ0n) is 10.5. The molecule has 0 bridgehead atoms. The molecular formula is C14H15N3O. The quantitative estimate of drug-likeness (QED) is 0.894. The van der Waals surface area contributed by atoms with Gasteiger partial charge < -0.3 is 5.73 Å². The largest absolute Gasteiger partial charge is 0.366 e. The highest BCUT2D eigenvalue weighted by Crippen LogP contribution is 2.18. The molecule has 0 aliphatic heterocycles. The minimum atomic E-state index is -0.422. The summed E-state index contributed by atoms with van der Waals surface area (Å²) in [6.45, 7) is 3.97. The molecule has 0 unspecified atom stereocenters. The van der Waals surface area contributed by atoms with E-state index in [-0.39, 0.29) is 0 Å². The highest BCUT2D eigenvalue weighted by molar-refractivity contribution is 5.93. The van der Waals surface area contributed by atoms with Gasteiger partial charge in [0.15, 0.2) is 0 Å². The summed E-state index contributed by atoms with van der Waals surface area (Å²) in [6, 6.07) is 9.04. The number of primary amides is 1. The van der Waals surface area contributed by atoms with Crippen LogP contribution in [0.2, 0.25) is 0 Å². The molecule has 92 valence electrons. The first-order chi connectivity index (χ1) is 8.60. The summed E-state index contributed by atoms with van der Waals surface area (Å²) in [5, 5.41) is 0. The lowest BCUT2D eigenvalue weighted by Crippen LogP contribution is -2.10. The third kappa shape index (κ3) is 2.53. The van der Waals surface area contributed by atoms with Gasteiger partial charge >= 0.3 is 0 Å². The van der Waals surface area contributed by atoms with Crippen LogP contribution < -0.4 is 5.73 Å². The van der Waals surface area contributed by atoms with Crippen molar-refractivity contribution in [3.63, 3.8) is 0 Å². The van der Waals surface area contributed by atoms with Crippen molar-refractivity contribution in [2.75, 3.05) is 0 Å². The molecule has 0 aliphatic carbocycles. The number of nitrogens with zero attached hydrogens (tertiary/aromatic N) is 2. The van der Waals surface area contributed by atoms with Gasteiger partial charge in [-0.3, -0.25) is 4.79 Å². The molecule has 1 aromatic carbocycles. The fourth-order valence-corrected chi connectivity index (χ4v) is 1.74. The zero-order chi connectivity index (χ0) is 13.1. The molecule has 1 aromatic heterocycles. The van der Waals surface area contributed by atoms with Crippen molar-refractivity contribution >= 4 is 5.91 Å². The number of hydrogen-bond donors (Lipinski definition) is 1. The third-order valence-corrected chi connectivity index (χ3v) is 2.68. The van der Waals surface area contributed by atoms with Crippen molar-refractivity contribution in [1.29, 1.82) is 0 Å². The first kappa shape index (κ1) is 12.2. The molecule has 4 nitrogen and oxygen atoms in total. The number of nitrogens with two attached hydrogens (primary N) is 1. The monoisotopic (exact) mass is 241 g/mol. The molecule has 0 fully saturated rings. The van der Waals surface area contributed by atoms with E-state index < -0.39 is 5.91 Å². The Bertz CT molecular complexity index is 576. The van der Waals surface area contributed by atoms with E-state index in [1.54, 1.807) is 12.1 Å². The fourth-order valence-electron chi connectivity index (χ4n) is 1.74. The minimum absolute atomic E-state index is 0.422. The van der Waals surface area contributed by atoms with E-state index in [4.69, 9.17) is 5.73 Å². The van der Waals surface area contributed by atoms with Gasteiger partial charge in [0.1, 0.15) is 5.82 Å². The lowest BCUT2D eigenvalue weighted by atomic mass is 10.1. The fraction of sp³-hybridized carbons (Fsp3) is 0.214. The van der Waals surface area contributed by atoms with Crippen LogP contribution >= 0.6 is 0 Å². The van der Waals surface area contributed by atoms with Gasteiger partial charge in [-0.25, -0.2) is 9.97 Å². The van der Waals surface area contributed by atoms with Crippen LogP contribution in [0, 0.1) is 6.92 Å². The molecule has 2 N–H and O–H groups in total. The number of carbonyl (C=O) groups excluding carboxylic acids is 1. The summed E-state index contributed by atoms with van der Waals surface area (Å²) in [7, 11) is 0. The second-order valence-corrected chi connectivity index (χ2v) is 4.11. The van der Waals surface area contributed by atoms with Gasteiger partial charge in [-0.1, -0.05) is 19.1 Å². The van der Waals surface area contributed by atoms with E-state index in [9.17, 15) is 4.79 Å². The lowest BCUT2D eigenvalue weighted by Gasteiger charge is -2.05. The molecular weight excluding hydrogens is 226 g/mol. The summed E-state index contributed by atoms with van der Waals surface area (Å²) in [4.78, 5) is 19.8. The van der Waals surface area contributed by atoms with Crippen molar-refractivity contribution in [3.8, 4) is 11.3 Å². The maximum atomic E-state index is 11.0. The molecule has 4 heteroatoms. The zero-order valence-corrected chi connectivity index (χ0v) is 10.5. The Morgan fingerprint density at radius 2 is 1.89 bits per heavy atom. The minimum Gasteiger partial charge on any atom is -0.366 e. The Balaban J connectivity index is 2.42. The van der Waals surface area contributed by atoms with Crippen LogP contribution in [0.5, 0.6) is 0 Å². The highest BCUT2D eigenvalue weighted by atomic mass is 16.1. The summed E-state index contributed by atoms with van der Waals surface area (Å²) in [6.07, 6.45) is 0.800. The van der Waals surface area contributed by atoms with Gasteiger partial charge in [0, 0.05) is 23.2 Å². The Kier molecular flexibility index (Phi) is 3.37. The third-order valence-electron chi connectivity index (χ3n) is 2.68. The molecule has 0 spiro atoms. The predicted octanol–water partition coefficient (Wildman–Crippen LogP) is 2.11. The molecule has 0 aliphatic rings. The molecule has 1 amide bonds. The first-order valence-electron chi connectivity index (χ1n) is 5.85. The van der Waals surface area contributed by atoms with Crippen LogP contribution in [0.25, 0.3) is 11.3 Å². The number of amides is 1. The highest BCUT2D eigenvalue weighted by Gasteiger charge is 2.05. The normalized spacial score (nSPS) is 10.3. The van der Waals surface area contributed by atoms with Crippen LogP contribution in [-0.4, -0.2) is 15.9 Å². The maximum absolute atomic E-state index is 11.0. The Morgan fingerprint density at radius 3 is 2.44 bits per heavy atom. The van der Waals surface area contributed by atoms with Gasteiger partial charge in [-0.15, -0.1) is 0 Å². The van der Waals surface area contributed by atoms with E-state index >= 15 is 0 Å². The number of aryl methyl sites for hydroxylation is 2. The molecule has 0 radical (unpaired) electrons. The number of benzene rings is 1. The van der Waals surface area contributed by atoms with Gasteiger partial charge in [0.05, 0.1) is 5.69 Å². The predicted molar refractivity (Wildman–Crippen MR) is 70.1 cm³/mol. The summed E-state index contributed by atoms with van der Waals surface area (Å²) < 4.78 is 0. The van der Waals surface area contributed by atoms with Crippen LogP contribution in [0.15, 0.2) is 30.3 Å². The molecule has 0 saturated heterocycles. The smallest absolute Gasteiger partial charge is 0.248 e. The van der Waals surface area contributed by atoms with E-state index in [0.717, 1.165) is 29.2 Å². The van der Waals surface area contributed by atoms with Crippen molar-refractivity contribution in [2.24, 2.45) is 5.73 Å². The van der Waals surface area contributed by atoms with Crippen LogP contribution in [0.3, 0.4) is 0 Å². The molecule has 2 rings (SSSR count). The molecule has 0 saturated carbocycles. The Labute approximate surface area is 106 Å². The summed E-state index contributed by atoms with van der Waals surface area (Å²) >= 11 is 0. The van der Waals surface area contributed by atoms with Crippen molar-refractivity contribution < 1.29 is 4.79 Å². The average Bonchev–Trinajstić information content (AvgIpc) is 2.38. The van der Waals surface area contributed by atoms with Crippen molar-refractivity contribution in [2.45, 2.75) is 20.3 Å². The van der Waals surface area contributed by atoms with E-state index in [2.05, 4.69) is 9.97 Å². The molecule has 18 heavy (non-hydrogen) atoms. The van der Waals surface area contributed by atoms with Gasteiger partial charge in [0.25, 0.3) is 0 Å². The van der Waals surface area contributed by atoms with Gasteiger partial charge in [-0.2, -0.15) is 0 Å². The van der Waals surface area contributed by atoms with Crippen LogP contribution in [0.4, 0.5) is 0 Å². The van der Waals surface area contributed by atoms with E-state index in [1.807, 2.05) is 32.0 Å². The Hall–Kier alpha value is -2.23. The first-order valence-corrected chi connectivity index (χ1v) is 5.85. The average molecular weight is 241 g/mol. The number of carbonyl (C=O) groups is 1. The lowest BCUT2D eigenvalue weighted by molar-refractivity contribution is 0.100. The SMILES string of the molecule is CCc1nc(C)cc(-c2ccc(C(N)=O)cc2)n1. The second-order valence-electron chi connectivity index (χ2n) is 4.11. The molecule has 1 heterocycles. The number of aromatic nitrogens is 2. The number of hydrogen-bond acceptors (Lipinski definition) is 3. The summed E-state index contributed by atoms with van der Waals surface area (Å²) in [5.41, 5.74) is 8.48. The van der Waals surface area contributed by atoms with E-state index in [1.165, 1.54) is 0 Å². The molecule has 2 aromatic rings. The maximum Gasteiger partial charge on any atom is 0.248 e. The van der Waals surface area contributed by atoms with Crippen molar-refractivity contribution in [3.05, 3.63) is 47.4 Å². The number of rotatable bonds is 3. The Morgan fingerprint density at radius 1 is 1.22 bits per heavy atom.